The van der Waals surface area contributed by atoms with Gasteiger partial charge in [-0.1, -0.05) is 17.7 Å². The van der Waals surface area contributed by atoms with Crippen LogP contribution < -0.4 is 0 Å². The van der Waals surface area contributed by atoms with Gasteiger partial charge in [-0.05, 0) is 24.1 Å². The van der Waals surface area contributed by atoms with Gasteiger partial charge in [0.25, 0.3) is 0 Å². The van der Waals surface area contributed by atoms with Gasteiger partial charge in [-0.25, -0.2) is 4.79 Å². The van der Waals surface area contributed by atoms with Gasteiger partial charge in [-0.2, -0.15) is 0 Å². The number of ether oxygens (including phenoxy) is 1. The monoisotopic (exact) mass is 269 g/mol. The third-order valence-corrected chi connectivity index (χ3v) is 3.36. The lowest BCUT2D eigenvalue weighted by Crippen LogP contribution is -2.26. The van der Waals surface area contributed by atoms with Gasteiger partial charge >= 0.3 is 5.97 Å². The van der Waals surface area contributed by atoms with Gasteiger partial charge in [0.05, 0.1) is 12.2 Å². The Kier molecular flexibility index (Phi) is 4.58. The van der Waals surface area contributed by atoms with Gasteiger partial charge in [-0.15, -0.1) is 0 Å². The van der Waals surface area contributed by atoms with Gasteiger partial charge in [0.1, 0.15) is 0 Å². The van der Waals surface area contributed by atoms with Crippen LogP contribution in [0.3, 0.4) is 0 Å². The van der Waals surface area contributed by atoms with Crippen molar-refractivity contribution in [3.63, 3.8) is 0 Å². The third-order valence-electron chi connectivity index (χ3n) is 3.01. The Morgan fingerprint density at radius 1 is 1.39 bits per heavy atom. The van der Waals surface area contributed by atoms with Crippen LogP contribution in [-0.2, 0) is 11.3 Å². The molecule has 0 atom stereocenters. The van der Waals surface area contributed by atoms with Gasteiger partial charge in [0.15, 0.2) is 0 Å². The second-order valence-corrected chi connectivity index (χ2v) is 4.76. The summed E-state index contributed by atoms with van der Waals surface area (Å²) in [5.41, 5.74) is 1.19. The first-order valence-electron chi connectivity index (χ1n) is 5.98. The lowest BCUT2D eigenvalue weighted by atomic mass is 10.1. The average molecular weight is 270 g/mol. The molecule has 18 heavy (non-hydrogen) atoms. The second kappa shape index (κ2) is 6.18. The molecule has 0 aliphatic carbocycles. The fourth-order valence-corrected chi connectivity index (χ4v) is 2.25. The Hall–Kier alpha value is -1.10. The molecule has 1 aliphatic rings. The minimum absolute atomic E-state index is 0.225. The van der Waals surface area contributed by atoms with Crippen LogP contribution in [0, 0.1) is 0 Å². The normalized spacial score (nSPS) is 17.4. The lowest BCUT2D eigenvalue weighted by molar-refractivity contribution is 0.0697. The van der Waals surface area contributed by atoms with E-state index in [1.807, 2.05) is 0 Å². The highest BCUT2D eigenvalue weighted by Crippen LogP contribution is 2.20. The van der Waals surface area contributed by atoms with Crippen LogP contribution in [0.1, 0.15) is 22.3 Å². The molecule has 0 unspecified atom stereocenters. The number of hydrogen-bond acceptors (Lipinski definition) is 3. The van der Waals surface area contributed by atoms with Crippen molar-refractivity contribution in [1.82, 2.24) is 4.90 Å². The van der Waals surface area contributed by atoms with E-state index in [0.29, 0.717) is 5.02 Å². The number of benzene rings is 1. The molecule has 98 valence electrons. The summed E-state index contributed by atoms with van der Waals surface area (Å²) in [5.74, 6) is -0.952. The third kappa shape index (κ3) is 3.45. The van der Waals surface area contributed by atoms with Crippen LogP contribution in [0.4, 0.5) is 0 Å². The molecule has 5 heteroatoms. The summed E-state index contributed by atoms with van der Waals surface area (Å²) in [6, 6.07) is 4.89. The SMILES string of the molecule is O=C(O)c1ccc(CN2CCCOCC2)c(Cl)c1. The van der Waals surface area contributed by atoms with Crippen molar-refractivity contribution in [2.45, 2.75) is 13.0 Å². The zero-order valence-corrected chi connectivity index (χ0v) is 10.8. The quantitative estimate of drug-likeness (QED) is 0.914. The van der Waals surface area contributed by atoms with Crippen LogP contribution in [-0.4, -0.2) is 42.3 Å². The number of carboxylic acid groups (broad SMARTS) is 1. The molecule has 1 aromatic rings. The number of nitrogens with zero attached hydrogens (tertiary/aromatic N) is 1. The second-order valence-electron chi connectivity index (χ2n) is 4.35. The van der Waals surface area contributed by atoms with Crippen molar-refractivity contribution in [3.8, 4) is 0 Å². The van der Waals surface area contributed by atoms with Crippen molar-refractivity contribution in [3.05, 3.63) is 34.3 Å². The number of halogens is 1. The fourth-order valence-electron chi connectivity index (χ4n) is 2.01. The average Bonchev–Trinajstić information content (AvgIpc) is 2.60. The van der Waals surface area contributed by atoms with Gasteiger partial charge in [0.2, 0.25) is 0 Å². The zero-order chi connectivity index (χ0) is 13.0. The molecule has 2 rings (SSSR count). The summed E-state index contributed by atoms with van der Waals surface area (Å²) in [6.07, 6.45) is 1.02. The summed E-state index contributed by atoms with van der Waals surface area (Å²) in [6.45, 7) is 4.16. The summed E-state index contributed by atoms with van der Waals surface area (Å²) in [7, 11) is 0. The number of rotatable bonds is 3. The minimum atomic E-state index is -0.952. The molecule has 0 radical (unpaired) electrons. The smallest absolute Gasteiger partial charge is 0.335 e. The van der Waals surface area contributed by atoms with Crippen molar-refractivity contribution >= 4 is 17.6 Å². The molecular weight excluding hydrogens is 254 g/mol. The van der Waals surface area contributed by atoms with Crippen LogP contribution >= 0.6 is 11.6 Å². The maximum atomic E-state index is 10.8. The van der Waals surface area contributed by atoms with E-state index in [0.717, 1.165) is 44.8 Å². The van der Waals surface area contributed by atoms with Crippen molar-refractivity contribution in [2.75, 3.05) is 26.3 Å². The highest BCUT2D eigenvalue weighted by Gasteiger charge is 2.12. The zero-order valence-electron chi connectivity index (χ0n) is 10.1. The van der Waals surface area contributed by atoms with Gasteiger partial charge < -0.3 is 9.84 Å². The largest absolute Gasteiger partial charge is 0.478 e. The van der Waals surface area contributed by atoms with Gasteiger partial charge in [-0.3, -0.25) is 4.90 Å². The van der Waals surface area contributed by atoms with Crippen molar-refractivity contribution in [2.24, 2.45) is 0 Å². The molecular formula is C13H16ClNO3. The number of hydrogen-bond donors (Lipinski definition) is 1. The highest BCUT2D eigenvalue weighted by molar-refractivity contribution is 6.31. The molecule has 1 heterocycles. The highest BCUT2D eigenvalue weighted by atomic mass is 35.5. The Morgan fingerprint density at radius 2 is 2.22 bits per heavy atom. The van der Waals surface area contributed by atoms with E-state index in [2.05, 4.69) is 4.90 Å². The Labute approximate surface area is 111 Å². The summed E-state index contributed by atoms with van der Waals surface area (Å²) >= 11 is 6.11. The number of carbonyl (C=O) groups is 1. The van der Waals surface area contributed by atoms with Crippen LogP contribution in [0.15, 0.2) is 18.2 Å². The van der Waals surface area contributed by atoms with E-state index in [-0.39, 0.29) is 5.56 Å². The molecule has 0 amide bonds. The standard InChI is InChI=1S/C13H16ClNO3/c14-12-8-10(13(16)17)2-3-11(12)9-15-4-1-6-18-7-5-15/h2-3,8H,1,4-7,9H2,(H,16,17). The minimum Gasteiger partial charge on any atom is -0.478 e. The molecule has 0 spiro atoms. The molecule has 1 saturated heterocycles. The first kappa shape index (κ1) is 13.3. The molecule has 4 nitrogen and oxygen atoms in total. The predicted octanol–water partition coefficient (Wildman–Crippen LogP) is 2.26. The molecule has 1 fully saturated rings. The first-order valence-corrected chi connectivity index (χ1v) is 6.36. The van der Waals surface area contributed by atoms with Crippen LogP contribution in [0.2, 0.25) is 5.02 Å². The topological polar surface area (TPSA) is 49.8 Å². The molecule has 1 aromatic carbocycles. The maximum absolute atomic E-state index is 10.8. The molecule has 0 bridgehead atoms. The van der Waals surface area contributed by atoms with Crippen LogP contribution in [0.25, 0.3) is 0 Å². The van der Waals surface area contributed by atoms with Crippen molar-refractivity contribution < 1.29 is 14.6 Å². The van der Waals surface area contributed by atoms with Crippen LogP contribution in [0.5, 0.6) is 0 Å². The van der Waals surface area contributed by atoms with Crippen molar-refractivity contribution in [1.29, 1.82) is 0 Å². The molecule has 1 aliphatic heterocycles. The predicted molar refractivity (Wildman–Crippen MR) is 69.1 cm³/mol. The fraction of sp³-hybridized carbons (Fsp3) is 0.462. The van der Waals surface area contributed by atoms with E-state index in [1.165, 1.54) is 6.07 Å². The van der Waals surface area contributed by atoms with E-state index < -0.39 is 5.97 Å². The molecule has 0 aromatic heterocycles. The summed E-state index contributed by atoms with van der Waals surface area (Å²) in [5, 5.41) is 9.39. The number of carboxylic acids is 1. The maximum Gasteiger partial charge on any atom is 0.335 e. The summed E-state index contributed by atoms with van der Waals surface area (Å²) < 4.78 is 5.39. The first-order chi connectivity index (χ1) is 8.66. The van der Waals surface area contributed by atoms with Gasteiger partial charge in [0, 0.05) is 31.3 Å². The van der Waals surface area contributed by atoms with E-state index in [4.69, 9.17) is 21.4 Å². The molecule has 1 N–H and O–H groups in total. The van der Waals surface area contributed by atoms with E-state index in [9.17, 15) is 4.79 Å². The van der Waals surface area contributed by atoms with E-state index in [1.54, 1.807) is 12.1 Å². The van der Waals surface area contributed by atoms with E-state index >= 15 is 0 Å². The Morgan fingerprint density at radius 3 is 2.94 bits per heavy atom. The summed E-state index contributed by atoms with van der Waals surface area (Å²) in [4.78, 5) is 13.1. The Balaban J connectivity index is 2.06. The Bertz CT molecular complexity index is 428. The molecule has 0 saturated carbocycles. The lowest BCUT2D eigenvalue weighted by Gasteiger charge is -2.19. The number of aromatic carboxylic acids is 1.